The Morgan fingerprint density at radius 2 is 2.11 bits per heavy atom. The number of hydrogen-bond donors (Lipinski definition) is 2. The van der Waals surface area contributed by atoms with Crippen LogP contribution in [0.15, 0.2) is 43.0 Å². The first-order valence-corrected chi connectivity index (χ1v) is 5.92. The molecule has 0 spiro atoms. The van der Waals surface area contributed by atoms with E-state index in [0.29, 0.717) is 0 Å². The van der Waals surface area contributed by atoms with Gasteiger partial charge in [0.2, 0.25) is 5.91 Å². The van der Waals surface area contributed by atoms with Crippen molar-refractivity contribution in [1.82, 2.24) is 5.32 Å². The predicted octanol–water partition coefficient (Wildman–Crippen LogP) is 2.15. The zero-order valence-corrected chi connectivity index (χ0v) is 10.8. The van der Waals surface area contributed by atoms with Gasteiger partial charge in [0.25, 0.3) is 0 Å². The number of nitrogens with one attached hydrogen (secondary N) is 1. The molecule has 4 heteroatoms. The SMILES string of the molecule is C=CCC(NC(=O)/C=C/c1ccccc1C)C(=O)O. The quantitative estimate of drug-likeness (QED) is 0.607. The van der Waals surface area contributed by atoms with Crippen LogP contribution in [0, 0.1) is 6.92 Å². The fourth-order valence-electron chi connectivity index (χ4n) is 1.55. The van der Waals surface area contributed by atoms with E-state index >= 15 is 0 Å². The lowest BCUT2D eigenvalue weighted by atomic mass is 10.1. The number of carbonyl (C=O) groups is 2. The monoisotopic (exact) mass is 259 g/mol. The van der Waals surface area contributed by atoms with Gasteiger partial charge in [-0.2, -0.15) is 0 Å². The van der Waals surface area contributed by atoms with Gasteiger partial charge in [0.1, 0.15) is 6.04 Å². The molecular formula is C15H17NO3. The van der Waals surface area contributed by atoms with E-state index in [2.05, 4.69) is 11.9 Å². The summed E-state index contributed by atoms with van der Waals surface area (Å²) in [6.07, 6.45) is 4.66. The van der Waals surface area contributed by atoms with Gasteiger partial charge in [0.05, 0.1) is 0 Å². The average Bonchev–Trinajstić information content (AvgIpc) is 2.37. The van der Waals surface area contributed by atoms with Crippen LogP contribution in [0.1, 0.15) is 17.5 Å². The minimum Gasteiger partial charge on any atom is -0.480 e. The third-order valence-electron chi connectivity index (χ3n) is 2.62. The first kappa shape index (κ1) is 14.7. The van der Waals surface area contributed by atoms with E-state index in [-0.39, 0.29) is 6.42 Å². The smallest absolute Gasteiger partial charge is 0.326 e. The molecule has 0 saturated heterocycles. The Balaban J connectivity index is 2.67. The first-order chi connectivity index (χ1) is 9.04. The number of carbonyl (C=O) groups excluding carboxylic acids is 1. The van der Waals surface area contributed by atoms with Crippen molar-refractivity contribution in [2.45, 2.75) is 19.4 Å². The number of carboxylic acids is 1. The number of hydrogen-bond acceptors (Lipinski definition) is 2. The minimum atomic E-state index is -1.07. The first-order valence-electron chi connectivity index (χ1n) is 5.92. The minimum absolute atomic E-state index is 0.194. The van der Waals surface area contributed by atoms with Gasteiger partial charge in [0.15, 0.2) is 0 Å². The molecule has 0 aromatic heterocycles. The molecule has 0 aliphatic carbocycles. The Bertz CT molecular complexity index is 506. The largest absolute Gasteiger partial charge is 0.480 e. The Morgan fingerprint density at radius 3 is 2.68 bits per heavy atom. The lowest BCUT2D eigenvalue weighted by Gasteiger charge is -2.10. The Kier molecular flexibility index (Phi) is 5.54. The second kappa shape index (κ2) is 7.16. The number of amides is 1. The fourth-order valence-corrected chi connectivity index (χ4v) is 1.55. The highest BCUT2D eigenvalue weighted by atomic mass is 16.4. The van der Waals surface area contributed by atoms with Gasteiger partial charge in [-0.15, -0.1) is 6.58 Å². The molecule has 1 rings (SSSR count). The molecule has 1 atom stereocenters. The molecule has 1 amide bonds. The van der Waals surface area contributed by atoms with E-state index in [4.69, 9.17) is 5.11 Å². The summed E-state index contributed by atoms with van der Waals surface area (Å²) < 4.78 is 0. The molecule has 100 valence electrons. The van der Waals surface area contributed by atoms with Crippen molar-refractivity contribution < 1.29 is 14.7 Å². The molecule has 0 saturated carbocycles. The van der Waals surface area contributed by atoms with Crippen LogP contribution in [-0.2, 0) is 9.59 Å². The summed E-state index contributed by atoms with van der Waals surface area (Å²) in [6, 6.07) is 6.68. The lowest BCUT2D eigenvalue weighted by Crippen LogP contribution is -2.39. The van der Waals surface area contributed by atoms with Crippen molar-refractivity contribution in [3.05, 3.63) is 54.1 Å². The maximum absolute atomic E-state index is 11.6. The van der Waals surface area contributed by atoms with Crippen molar-refractivity contribution in [3.8, 4) is 0 Å². The number of aliphatic carboxylic acids is 1. The molecule has 0 radical (unpaired) electrons. The summed E-state index contributed by atoms with van der Waals surface area (Å²) in [5.74, 6) is -1.50. The van der Waals surface area contributed by atoms with Crippen LogP contribution >= 0.6 is 0 Å². The molecule has 0 heterocycles. The molecule has 0 fully saturated rings. The summed E-state index contributed by atoms with van der Waals surface area (Å²) in [4.78, 5) is 22.5. The molecule has 0 aliphatic rings. The Morgan fingerprint density at radius 1 is 1.42 bits per heavy atom. The zero-order valence-electron chi connectivity index (χ0n) is 10.8. The highest BCUT2D eigenvalue weighted by Gasteiger charge is 2.16. The van der Waals surface area contributed by atoms with E-state index < -0.39 is 17.9 Å². The van der Waals surface area contributed by atoms with Gasteiger partial charge in [-0.25, -0.2) is 4.79 Å². The zero-order chi connectivity index (χ0) is 14.3. The summed E-state index contributed by atoms with van der Waals surface area (Å²) in [5, 5.41) is 11.3. The van der Waals surface area contributed by atoms with Crippen LogP contribution < -0.4 is 5.32 Å². The summed E-state index contributed by atoms with van der Waals surface area (Å²) in [5.41, 5.74) is 1.97. The van der Waals surface area contributed by atoms with Crippen LogP contribution in [-0.4, -0.2) is 23.0 Å². The summed E-state index contributed by atoms with van der Waals surface area (Å²) >= 11 is 0. The molecule has 2 N–H and O–H groups in total. The van der Waals surface area contributed by atoms with E-state index in [1.807, 2.05) is 31.2 Å². The van der Waals surface area contributed by atoms with Crippen molar-refractivity contribution in [3.63, 3.8) is 0 Å². The van der Waals surface area contributed by atoms with Gasteiger partial charge >= 0.3 is 5.97 Å². The van der Waals surface area contributed by atoms with Gasteiger partial charge < -0.3 is 10.4 Å². The normalized spacial score (nSPS) is 12.1. The third-order valence-corrected chi connectivity index (χ3v) is 2.62. The van der Waals surface area contributed by atoms with E-state index in [9.17, 15) is 9.59 Å². The maximum atomic E-state index is 11.6. The third kappa shape index (κ3) is 4.79. The Labute approximate surface area is 112 Å². The van der Waals surface area contributed by atoms with E-state index in [1.165, 1.54) is 12.2 Å². The summed E-state index contributed by atoms with van der Waals surface area (Å²) in [6.45, 7) is 5.40. The van der Waals surface area contributed by atoms with Crippen molar-refractivity contribution >= 4 is 18.0 Å². The van der Waals surface area contributed by atoms with Gasteiger partial charge in [0, 0.05) is 6.08 Å². The molecule has 1 aromatic carbocycles. The van der Waals surface area contributed by atoms with Crippen molar-refractivity contribution in [1.29, 1.82) is 0 Å². The standard InChI is InChI=1S/C15H17NO3/c1-3-6-13(15(18)19)16-14(17)10-9-12-8-5-4-7-11(12)2/h3-5,7-10,13H,1,6H2,2H3,(H,16,17)(H,18,19)/b10-9+. The lowest BCUT2D eigenvalue weighted by molar-refractivity contribution is -0.141. The van der Waals surface area contributed by atoms with Crippen LogP contribution in [0.3, 0.4) is 0 Å². The second-order valence-electron chi connectivity index (χ2n) is 4.11. The molecule has 0 bridgehead atoms. The number of rotatable bonds is 6. The summed E-state index contributed by atoms with van der Waals surface area (Å²) in [7, 11) is 0. The molecular weight excluding hydrogens is 242 g/mol. The van der Waals surface area contributed by atoms with Crippen LogP contribution in [0.4, 0.5) is 0 Å². The number of carboxylic acid groups (broad SMARTS) is 1. The van der Waals surface area contributed by atoms with E-state index in [1.54, 1.807) is 6.08 Å². The topological polar surface area (TPSA) is 66.4 Å². The molecule has 0 aliphatic heterocycles. The average molecular weight is 259 g/mol. The predicted molar refractivity (Wildman–Crippen MR) is 74.6 cm³/mol. The molecule has 4 nitrogen and oxygen atoms in total. The Hall–Kier alpha value is -2.36. The maximum Gasteiger partial charge on any atom is 0.326 e. The highest BCUT2D eigenvalue weighted by Crippen LogP contribution is 2.08. The fraction of sp³-hybridized carbons (Fsp3) is 0.200. The number of aryl methyl sites for hydroxylation is 1. The second-order valence-corrected chi connectivity index (χ2v) is 4.11. The van der Waals surface area contributed by atoms with Gasteiger partial charge in [-0.3, -0.25) is 4.79 Å². The van der Waals surface area contributed by atoms with Gasteiger partial charge in [-0.1, -0.05) is 30.3 Å². The van der Waals surface area contributed by atoms with Crippen LogP contribution in [0.5, 0.6) is 0 Å². The molecule has 1 aromatic rings. The van der Waals surface area contributed by atoms with Crippen LogP contribution in [0.2, 0.25) is 0 Å². The number of benzene rings is 1. The van der Waals surface area contributed by atoms with Crippen molar-refractivity contribution in [2.24, 2.45) is 0 Å². The highest BCUT2D eigenvalue weighted by molar-refractivity contribution is 5.94. The van der Waals surface area contributed by atoms with E-state index in [0.717, 1.165) is 11.1 Å². The van der Waals surface area contributed by atoms with Crippen molar-refractivity contribution in [2.75, 3.05) is 0 Å². The van der Waals surface area contributed by atoms with Crippen LogP contribution in [0.25, 0.3) is 6.08 Å². The molecule has 19 heavy (non-hydrogen) atoms. The van der Waals surface area contributed by atoms with Gasteiger partial charge in [-0.05, 0) is 30.5 Å². The molecule has 1 unspecified atom stereocenters.